The molecule has 1 heterocycles. The number of carbonyl (C=O) groups excluding carboxylic acids is 1. The minimum Gasteiger partial charge on any atom is -0.465 e. The van der Waals surface area contributed by atoms with Crippen molar-refractivity contribution in [3.05, 3.63) is 0 Å². The average Bonchev–Trinajstić information content (AvgIpc) is 2.73. The van der Waals surface area contributed by atoms with Crippen LogP contribution < -0.4 is 0 Å². The first-order valence-corrected chi connectivity index (χ1v) is 8.85. The second-order valence-electron chi connectivity index (χ2n) is 6.89. The van der Waals surface area contributed by atoms with E-state index in [1.165, 1.54) is 64.2 Å². The van der Waals surface area contributed by atoms with E-state index in [0.717, 1.165) is 25.7 Å². The summed E-state index contributed by atoms with van der Waals surface area (Å²) in [4.78, 5) is 11.6. The molecule has 1 aliphatic carbocycles. The van der Waals surface area contributed by atoms with Crippen LogP contribution in [0.25, 0.3) is 0 Å². The standard InChI is InChI=1S/C18H32O2/c19-17-15-18(16-20-17)13-11-9-7-5-3-1-2-4-6-8-10-12-14-18/h1-16H2/i16D. The zero-order valence-corrected chi connectivity index (χ0v) is 13.0. The van der Waals surface area contributed by atoms with Gasteiger partial charge in [-0.05, 0) is 12.8 Å². The first-order chi connectivity index (χ1) is 10.2. The molecule has 2 heteroatoms. The lowest BCUT2D eigenvalue weighted by Gasteiger charge is -2.26. The first-order valence-electron chi connectivity index (χ1n) is 9.42. The maximum absolute atomic E-state index is 11.6. The second kappa shape index (κ2) is 8.69. The van der Waals surface area contributed by atoms with Crippen LogP contribution in [0.15, 0.2) is 0 Å². The van der Waals surface area contributed by atoms with Gasteiger partial charge in [0.05, 0.1) is 14.4 Å². The van der Waals surface area contributed by atoms with Crippen molar-refractivity contribution >= 4 is 5.97 Å². The first kappa shape index (κ1) is 14.4. The fourth-order valence-corrected chi connectivity index (χ4v) is 3.70. The molecular formula is C18H32O2. The predicted octanol–water partition coefficient (Wildman–Crippen LogP) is 5.39. The van der Waals surface area contributed by atoms with E-state index in [1.54, 1.807) is 0 Å². The van der Waals surface area contributed by atoms with E-state index in [1.807, 2.05) is 0 Å². The minimum absolute atomic E-state index is 0.145. The van der Waals surface area contributed by atoms with Gasteiger partial charge >= 0.3 is 5.97 Å². The van der Waals surface area contributed by atoms with Crippen molar-refractivity contribution < 1.29 is 10.9 Å². The van der Waals surface area contributed by atoms with Crippen LogP contribution >= 0.6 is 0 Å². The summed E-state index contributed by atoms with van der Waals surface area (Å²) in [6.45, 7) is -0.610. The number of hydrogen-bond donors (Lipinski definition) is 0. The molecule has 1 aliphatic heterocycles. The molecule has 1 unspecified atom stereocenters. The Morgan fingerprint density at radius 1 is 0.750 bits per heavy atom. The van der Waals surface area contributed by atoms with E-state index in [2.05, 4.69) is 0 Å². The molecule has 0 radical (unpaired) electrons. The molecule has 0 bridgehead atoms. The molecule has 0 amide bonds. The summed E-state index contributed by atoms with van der Waals surface area (Å²) < 4.78 is 13.3. The molecule has 2 nitrogen and oxygen atoms in total. The van der Waals surface area contributed by atoms with Crippen molar-refractivity contribution in [2.75, 3.05) is 6.58 Å². The summed E-state index contributed by atoms with van der Waals surface area (Å²) in [5.41, 5.74) is -0.169. The van der Waals surface area contributed by atoms with Crippen LogP contribution in [-0.4, -0.2) is 12.6 Å². The van der Waals surface area contributed by atoms with Crippen LogP contribution in [0, 0.1) is 5.41 Å². The van der Waals surface area contributed by atoms with Gasteiger partial charge in [-0.1, -0.05) is 77.0 Å². The molecule has 1 atom stereocenters. The molecule has 1 spiro atoms. The molecule has 1 saturated carbocycles. The molecule has 20 heavy (non-hydrogen) atoms. The van der Waals surface area contributed by atoms with Crippen molar-refractivity contribution in [3.63, 3.8) is 0 Å². The van der Waals surface area contributed by atoms with Gasteiger partial charge in [-0.15, -0.1) is 0 Å². The van der Waals surface area contributed by atoms with Gasteiger partial charge in [-0.25, -0.2) is 0 Å². The highest BCUT2D eigenvalue weighted by atomic mass is 16.5. The zero-order valence-electron chi connectivity index (χ0n) is 14.0. The summed E-state index contributed by atoms with van der Waals surface area (Å²) in [5, 5.41) is 0. The van der Waals surface area contributed by atoms with Gasteiger partial charge in [0.15, 0.2) is 0 Å². The number of rotatable bonds is 0. The van der Waals surface area contributed by atoms with Gasteiger partial charge in [-0.2, -0.15) is 0 Å². The number of hydrogen-bond acceptors (Lipinski definition) is 2. The Balaban J connectivity index is 1.87. The lowest BCUT2D eigenvalue weighted by molar-refractivity contribution is -0.137. The topological polar surface area (TPSA) is 26.3 Å². The van der Waals surface area contributed by atoms with Crippen LogP contribution in [0.2, 0.25) is 0 Å². The van der Waals surface area contributed by atoms with Crippen LogP contribution in [0.3, 0.4) is 0 Å². The van der Waals surface area contributed by atoms with E-state index in [0.29, 0.717) is 6.42 Å². The van der Waals surface area contributed by atoms with Crippen LogP contribution in [0.5, 0.6) is 0 Å². The van der Waals surface area contributed by atoms with E-state index < -0.39 is 6.58 Å². The van der Waals surface area contributed by atoms with E-state index >= 15 is 0 Å². The Bertz CT molecular complexity index is 300. The highest BCUT2D eigenvalue weighted by Crippen LogP contribution is 2.40. The Morgan fingerprint density at radius 3 is 1.50 bits per heavy atom. The largest absolute Gasteiger partial charge is 0.465 e. The highest BCUT2D eigenvalue weighted by Gasteiger charge is 2.39. The Morgan fingerprint density at radius 2 is 1.15 bits per heavy atom. The average molecular weight is 281 g/mol. The van der Waals surface area contributed by atoms with Crippen molar-refractivity contribution in [1.29, 1.82) is 0 Å². The molecule has 2 rings (SSSR count). The Hall–Kier alpha value is -0.530. The zero-order chi connectivity index (χ0) is 15.0. The summed E-state index contributed by atoms with van der Waals surface area (Å²) in [5.74, 6) is -0.145. The monoisotopic (exact) mass is 281 g/mol. The van der Waals surface area contributed by atoms with Crippen LogP contribution in [0.1, 0.15) is 97.7 Å². The number of carbonyl (C=O) groups is 1. The lowest BCUT2D eigenvalue weighted by Crippen LogP contribution is -2.21. The third-order valence-electron chi connectivity index (χ3n) is 5.04. The van der Waals surface area contributed by atoms with Crippen molar-refractivity contribution in [2.45, 2.75) is 96.3 Å². The number of esters is 1. The summed E-state index contributed by atoms with van der Waals surface area (Å²) in [7, 11) is 0. The SMILES string of the molecule is [2H]C1OC(=O)CC12CCCCCCCCCCCCCC2. The number of ether oxygens (including phenoxy) is 1. The molecule has 0 aromatic heterocycles. The molecule has 116 valence electrons. The van der Waals surface area contributed by atoms with E-state index in [9.17, 15) is 4.79 Å². The molecule has 2 aliphatic rings. The van der Waals surface area contributed by atoms with Gasteiger partial charge in [0.25, 0.3) is 0 Å². The lowest BCUT2D eigenvalue weighted by atomic mass is 9.77. The van der Waals surface area contributed by atoms with Gasteiger partial charge in [0, 0.05) is 5.41 Å². The molecular weight excluding hydrogens is 248 g/mol. The maximum atomic E-state index is 11.6. The quantitative estimate of drug-likeness (QED) is 0.556. The van der Waals surface area contributed by atoms with Crippen LogP contribution in [-0.2, 0) is 9.53 Å². The Kier molecular flexibility index (Phi) is 6.26. The van der Waals surface area contributed by atoms with Crippen molar-refractivity contribution in [2.24, 2.45) is 5.41 Å². The van der Waals surface area contributed by atoms with Gasteiger partial charge in [0.1, 0.15) is 0 Å². The highest BCUT2D eigenvalue weighted by molar-refractivity contribution is 5.72. The second-order valence-corrected chi connectivity index (χ2v) is 6.89. The molecule has 0 aromatic rings. The van der Waals surface area contributed by atoms with Gasteiger partial charge < -0.3 is 4.74 Å². The molecule has 0 N–H and O–H groups in total. The number of cyclic esters (lactones) is 1. The minimum atomic E-state index is -0.610. The van der Waals surface area contributed by atoms with E-state index in [4.69, 9.17) is 6.11 Å². The summed E-state index contributed by atoms with van der Waals surface area (Å²) >= 11 is 0. The van der Waals surface area contributed by atoms with E-state index in [-0.39, 0.29) is 11.4 Å². The maximum Gasteiger partial charge on any atom is 0.306 e. The fourth-order valence-electron chi connectivity index (χ4n) is 3.70. The molecule has 1 saturated heterocycles. The third-order valence-corrected chi connectivity index (χ3v) is 5.04. The normalized spacial score (nSPS) is 31.1. The molecule has 2 fully saturated rings. The Labute approximate surface area is 126 Å². The fraction of sp³-hybridized carbons (Fsp3) is 0.944. The summed E-state index contributed by atoms with van der Waals surface area (Å²) in [6, 6.07) is 0. The van der Waals surface area contributed by atoms with Crippen molar-refractivity contribution in [1.82, 2.24) is 0 Å². The van der Waals surface area contributed by atoms with Crippen LogP contribution in [0.4, 0.5) is 0 Å². The van der Waals surface area contributed by atoms with Crippen molar-refractivity contribution in [3.8, 4) is 0 Å². The predicted molar refractivity (Wildman–Crippen MR) is 82.6 cm³/mol. The smallest absolute Gasteiger partial charge is 0.306 e. The third kappa shape index (κ3) is 5.46. The summed E-state index contributed by atoms with van der Waals surface area (Å²) in [6.07, 6.45) is 18.2. The van der Waals surface area contributed by atoms with Gasteiger partial charge in [-0.3, -0.25) is 4.79 Å². The molecule has 0 aromatic carbocycles. The van der Waals surface area contributed by atoms with Gasteiger partial charge in [0.2, 0.25) is 0 Å².